The second-order valence-electron chi connectivity index (χ2n) is 2.31. The predicted molar refractivity (Wildman–Crippen MR) is 52.7 cm³/mol. The van der Waals surface area contributed by atoms with Gasteiger partial charge in [-0.05, 0) is 12.1 Å². The number of nitrogens with one attached hydrogen (secondary N) is 1. The number of benzene rings is 1. The molecule has 12 heavy (non-hydrogen) atoms. The van der Waals surface area contributed by atoms with E-state index in [1.54, 1.807) is 0 Å². The lowest BCUT2D eigenvalue weighted by Gasteiger charge is -1.85. The molecule has 4 heteroatoms. The molecule has 0 amide bonds. The summed E-state index contributed by atoms with van der Waals surface area (Å²) in [6.45, 7) is 0. The highest BCUT2D eigenvalue weighted by Crippen LogP contribution is 2.19. The van der Waals surface area contributed by atoms with Gasteiger partial charge in [-0.3, -0.25) is 0 Å². The van der Waals surface area contributed by atoms with Crippen molar-refractivity contribution >= 4 is 34.4 Å². The van der Waals surface area contributed by atoms with Crippen LogP contribution >= 0.6 is 23.4 Å². The van der Waals surface area contributed by atoms with Crippen LogP contribution in [0.15, 0.2) is 29.4 Å². The zero-order valence-electron chi connectivity index (χ0n) is 6.25. The fraction of sp³-hybridized carbons (Fsp3) is 0.125. The predicted octanol–water partition coefficient (Wildman–Crippen LogP) is 2.85. The van der Waals surface area contributed by atoms with E-state index in [1.165, 1.54) is 11.8 Å². The summed E-state index contributed by atoms with van der Waals surface area (Å²) in [6, 6.07) is 7.93. The van der Waals surface area contributed by atoms with Gasteiger partial charge in [0, 0.05) is 0 Å². The molecule has 0 bridgehead atoms. The molecular formula is C8H7ClN2S. The van der Waals surface area contributed by atoms with E-state index in [2.05, 4.69) is 9.97 Å². The molecule has 0 radical (unpaired) electrons. The average Bonchev–Trinajstić information content (AvgIpc) is 2.47. The Kier molecular flexibility index (Phi) is 2.23. The summed E-state index contributed by atoms with van der Waals surface area (Å²) in [5.74, 6) is 0. The Hall–Kier alpha value is -0.670. The molecule has 1 N–H and O–H groups in total. The van der Waals surface area contributed by atoms with Gasteiger partial charge < -0.3 is 4.98 Å². The highest BCUT2D eigenvalue weighted by Gasteiger charge is 1.99. The van der Waals surface area contributed by atoms with Crippen LogP contribution in [0, 0.1) is 0 Å². The Balaban J connectivity index is 2.47. The van der Waals surface area contributed by atoms with Crippen molar-refractivity contribution in [3.63, 3.8) is 0 Å². The maximum Gasteiger partial charge on any atom is 0.167 e. The minimum Gasteiger partial charge on any atom is -0.333 e. The van der Waals surface area contributed by atoms with E-state index in [4.69, 9.17) is 11.6 Å². The van der Waals surface area contributed by atoms with Crippen molar-refractivity contribution in [2.75, 3.05) is 5.21 Å². The number of imidazole rings is 1. The van der Waals surface area contributed by atoms with Crippen molar-refractivity contribution in [3.8, 4) is 0 Å². The molecule has 2 aromatic rings. The van der Waals surface area contributed by atoms with Crippen molar-refractivity contribution in [1.82, 2.24) is 9.97 Å². The summed E-state index contributed by atoms with van der Waals surface area (Å²) in [7, 11) is 0. The van der Waals surface area contributed by atoms with Crippen LogP contribution in [0.3, 0.4) is 0 Å². The number of hydrogen-bond donors (Lipinski definition) is 1. The minimum atomic E-state index is 0.528. The van der Waals surface area contributed by atoms with Crippen LogP contribution in [0.4, 0.5) is 0 Å². The molecule has 0 saturated carbocycles. The number of nitrogens with zero attached hydrogens (tertiary/aromatic N) is 1. The first-order valence-electron chi connectivity index (χ1n) is 3.53. The third-order valence-corrected chi connectivity index (χ3v) is 2.46. The average molecular weight is 199 g/mol. The fourth-order valence-electron chi connectivity index (χ4n) is 1.05. The summed E-state index contributed by atoms with van der Waals surface area (Å²) in [5, 5.41) is 1.41. The largest absolute Gasteiger partial charge is 0.333 e. The number of para-hydroxylation sites is 2. The van der Waals surface area contributed by atoms with Crippen LogP contribution in [0.5, 0.6) is 0 Å². The zero-order chi connectivity index (χ0) is 8.39. The van der Waals surface area contributed by atoms with Gasteiger partial charge in [-0.15, -0.1) is 11.6 Å². The fourth-order valence-corrected chi connectivity index (χ4v) is 1.81. The van der Waals surface area contributed by atoms with Gasteiger partial charge in [-0.1, -0.05) is 23.9 Å². The third-order valence-electron chi connectivity index (χ3n) is 1.56. The Bertz CT molecular complexity index is 352. The summed E-state index contributed by atoms with van der Waals surface area (Å²) in [4.78, 5) is 7.49. The first kappa shape index (κ1) is 7.95. The molecule has 0 aliphatic heterocycles. The van der Waals surface area contributed by atoms with E-state index in [1.807, 2.05) is 24.3 Å². The molecule has 2 rings (SSSR count). The minimum absolute atomic E-state index is 0.528. The maximum atomic E-state index is 5.57. The maximum absolute atomic E-state index is 5.57. The molecule has 0 unspecified atom stereocenters. The highest BCUT2D eigenvalue weighted by molar-refractivity contribution is 8.00. The molecule has 0 fully saturated rings. The number of aromatic nitrogens is 2. The highest BCUT2D eigenvalue weighted by atomic mass is 35.5. The molecule has 0 saturated heterocycles. The monoisotopic (exact) mass is 198 g/mol. The van der Waals surface area contributed by atoms with Gasteiger partial charge in [-0.2, -0.15) is 0 Å². The number of fused-ring (bicyclic) bond motifs is 1. The van der Waals surface area contributed by atoms with Gasteiger partial charge in [0.05, 0.1) is 16.2 Å². The lowest BCUT2D eigenvalue weighted by molar-refractivity contribution is 1.08. The molecule has 0 atom stereocenters. The van der Waals surface area contributed by atoms with Crippen LogP contribution < -0.4 is 0 Å². The van der Waals surface area contributed by atoms with Gasteiger partial charge in [-0.25, -0.2) is 4.98 Å². The van der Waals surface area contributed by atoms with Crippen LogP contribution in [-0.2, 0) is 0 Å². The quantitative estimate of drug-likeness (QED) is 0.594. The van der Waals surface area contributed by atoms with Crippen molar-refractivity contribution in [1.29, 1.82) is 0 Å². The number of H-pyrrole nitrogens is 1. The van der Waals surface area contributed by atoms with E-state index in [9.17, 15) is 0 Å². The SMILES string of the molecule is ClCSc1nc2ccccc2[nH]1. The zero-order valence-corrected chi connectivity index (χ0v) is 7.82. The number of rotatable bonds is 2. The first-order valence-corrected chi connectivity index (χ1v) is 5.05. The third kappa shape index (κ3) is 1.42. The number of aromatic amines is 1. The summed E-state index contributed by atoms with van der Waals surface area (Å²) in [5.41, 5.74) is 2.05. The summed E-state index contributed by atoms with van der Waals surface area (Å²) < 4.78 is 0. The number of hydrogen-bond acceptors (Lipinski definition) is 2. The lowest BCUT2D eigenvalue weighted by atomic mass is 10.3. The van der Waals surface area contributed by atoms with Crippen molar-refractivity contribution in [2.45, 2.75) is 5.16 Å². The van der Waals surface area contributed by atoms with E-state index in [-0.39, 0.29) is 0 Å². The van der Waals surface area contributed by atoms with E-state index >= 15 is 0 Å². The van der Waals surface area contributed by atoms with E-state index in [0.717, 1.165) is 16.2 Å². The van der Waals surface area contributed by atoms with E-state index in [0.29, 0.717) is 5.21 Å². The first-order chi connectivity index (χ1) is 5.90. The van der Waals surface area contributed by atoms with Crippen molar-refractivity contribution in [3.05, 3.63) is 24.3 Å². The molecule has 2 nitrogen and oxygen atoms in total. The molecule has 1 aromatic carbocycles. The molecule has 1 aromatic heterocycles. The second kappa shape index (κ2) is 3.37. The van der Waals surface area contributed by atoms with E-state index < -0.39 is 0 Å². The molecule has 62 valence electrons. The smallest absolute Gasteiger partial charge is 0.167 e. The van der Waals surface area contributed by atoms with Crippen molar-refractivity contribution in [2.24, 2.45) is 0 Å². The molecule has 0 spiro atoms. The van der Waals surface area contributed by atoms with Gasteiger partial charge in [0.25, 0.3) is 0 Å². The summed E-state index contributed by atoms with van der Waals surface area (Å²) >= 11 is 7.07. The number of thioether (sulfide) groups is 1. The Labute approximate surface area is 79.3 Å². The normalized spacial score (nSPS) is 10.8. The van der Waals surface area contributed by atoms with Gasteiger partial charge >= 0.3 is 0 Å². The molecule has 0 aliphatic carbocycles. The Morgan fingerprint density at radius 1 is 1.42 bits per heavy atom. The Morgan fingerprint density at radius 3 is 3.00 bits per heavy atom. The van der Waals surface area contributed by atoms with Crippen LogP contribution in [0.2, 0.25) is 0 Å². The second-order valence-corrected chi connectivity index (χ2v) is 3.86. The van der Waals surface area contributed by atoms with Crippen LogP contribution in [0.25, 0.3) is 11.0 Å². The topological polar surface area (TPSA) is 28.7 Å². The molecule has 0 aliphatic rings. The summed E-state index contributed by atoms with van der Waals surface area (Å²) in [6.07, 6.45) is 0. The van der Waals surface area contributed by atoms with Crippen molar-refractivity contribution < 1.29 is 0 Å². The number of alkyl halides is 1. The van der Waals surface area contributed by atoms with Gasteiger partial charge in [0.1, 0.15) is 0 Å². The molecular weight excluding hydrogens is 192 g/mol. The van der Waals surface area contributed by atoms with Crippen LogP contribution in [0.1, 0.15) is 0 Å². The Morgan fingerprint density at radius 2 is 2.25 bits per heavy atom. The standard InChI is InChI=1S/C8H7ClN2S/c9-5-12-8-10-6-3-1-2-4-7(6)11-8/h1-4H,5H2,(H,10,11). The van der Waals surface area contributed by atoms with Crippen LogP contribution in [-0.4, -0.2) is 15.2 Å². The van der Waals surface area contributed by atoms with Gasteiger partial charge in [0.2, 0.25) is 0 Å². The van der Waals surface area contributed by atoms with Gasteiger partial charge in [0.15, 0.2) is 5.16 Å². The lowest BCUT2D eigenvalue weighted by Crippen LogP contribution is -1.71. The number of halogens is 1. The molecule has 1 heterocycles.